The van der Waals surface area contributed by atoms with E-state index in [4.69, 9.17) is 4.42 Å². The van der Waals surface area contributed by atoms with Crippen molar-refractivity contribution in [3.8, 4) is 0 Å². The van der Waals surface area contributed by atoms with Crippen LogP contribution in [0.5, 0.6) is 0 Å². The molecule has 2 rings (SSSR count). The fraction of sp³-hybridized carbons (Fsp3) is 0.500. The molecule has 1 aromatic heterocycles. The smallest absolute Gasteiger partial charge is 0.290 e. The summed E-state index contributed by atoms with van der Waals surface area (Å²) < 4.78 is 5.29. The van der Waals surface area contributed by atoms with Crippen molar-refractivity contribution in [3.63, 3.8) is 0 Å². The van der Waals surface area contributed by atoms with Crippen molar-refractivity contribution in [2.75, 3.05) is 19.6 Å². The van der Waals surface area contributed by atoms with Crippen LogP contribution in [-0.4, -0.2) is 47.3 Å². The fourth-order valence-electron chi connectivity index (χ4n) is 2.37. The number of amides is 2. The van der Waals surface area contributed by atoms with Gasteiger partial charge in [-0.15, -0.1) is 0 Å². The van der Waals surface area contributed by atoms with Gasteiger partial charge in [0.2, 0.25) is 5.91 Å². The first-order valence-corrected chi connectivity index (χ1v) is 6.65. The van der Waals surface area contributed by atoms with Crippen LogP contribution >= 0.6 is 0 Å². The number of aryl methyl sites for hydroxylation is 1. The minimum absolute atomic E-state index is 0.0143. The van der Waals surface area contributed by atoms with Gasteiger partial charge in [-0.05, 0) is 20.8 Å². The highest BCUT2D eigenvalue weighted by atomic mass is 16.3. The predicted octanol–water partition coefficient (Wildman–Crippen LogP) is 0.641. The number of hydrogen-bond acceptors (Lipinski definition) is 4. The maximum atomic E-state index is 12.4. The van der Waals surface area contributed by atoms with Crippen molar-refractivity contribution >= 4 is 11.8 Å². The van der Waals surface area contributed by atoms with Gasteiger partial charge in [-0.1, -0.05) is 0 Å². The van der Waals surface area contributed by atoms with Crippen molar-refractivity contribution in [2.24, 2.45) is 0 Å². The van der Waals surface area contributed by atoms with Gasteiger partial charge in [0.05, 0.1) is 0 Å². The van der Waals surface area contributed by atoms with Gasteiger partial charge in [0.15, 0.2) is 11.2 Å². The molecular weight excluding hydrogens is 260 g/mol. The zero-order valence-corrected chi connectivity index (χ0v) is 11.9. The Morgan fingerprint density at radius 1 is 1.35 bits per heavy atom. The standard InChI is InChI=1S/C14H18N2O4/c1-4-15-5-6-16(10(3)13(15)18)14(19)12-8-11(17)7-9(2)20-12/h7-8,10H,4-6H2,1-3H3. The van der Waals surface area contributed by atoms with Gasteiger partial charge in [0.1, 0.15) is 11.8 Å². The molecule has 0 spiro atoms. The minimum Gasteiger partial charge on any atom is -0.456 e. The summed E-state index contributed by atoms with van der Waals surface area (Å²) >= 11 is 0. The van der Waals surface area contributed by atoms with Crippen LogP contribution in [0.3, 0.4) is 0 Å². The van der Waals surface area contributed by atoms with Gasteiger partial charge in [0.25, 0.3) is 5.91 Å². The van der Waals surface area contributed by atoms with E-state index in [1.807, 2.05) is 6.92 Å². The molecule has 1 aliphatic heterocycles. The molecule has 20 heavy (non-hydrogen) atoms. The molecular formula is C14H18N2O4. The third kappa shape index (κ3) is 2.59. The van der Waals surface area contributed by atoms with Crippen molar-refractivity contribution in [3.05, 3.63) is 33.9 Å². The molecule has 1 saturated heterocycles. The van der Waals surface area contributed by atoms with Gasteiger partial charge in [-0.2, -0.15) is 0 Å². The van der Waals surface area contributed by atoms with E-state index in [1.165, 1.54) is 17.0 Å². The highest BCUT2D eigenvalue weighted by molar-refractivity contribution is 5.96. The normalized spacial score (nSPS) is 19.4. The zero-order valence-electron chi connectivity index (χ0n) is 11.9. The highest BCUT2D eigenvalue weighted by Crippen LogP contribution is 2.15. The van der Waals surface area contributed by atoms with E-state index in [0.717, 1.165) is 0 Å². The van der Waals surface area contributed by atoms with Gasteiger partial charge in [-0.25, -0.2) is 0 Å². The van der Waals surface area contributed by atoms with E-state index in [1.54, 1.807) is 18.7 Å². The number of hydrogen-bond donors (Lipinski definition) is 0. The first-order chi connectivity index (χ1) is 9.43. The van der Waals surface area contributed by atoms with E-state index >= 15 is 0 Å². The van der Waals surface area contributed by atoms with Crippen LogP contribution in [0.1, 0.15) is 30.2 Å². The van der Waals surface area contributed by atoms with E-state index < -0.39 is 11.9 Å². The molecule has 0 aromatic carbocycles. The fourth-order valence-corrected chi connectivity index (χ4v) is 2.37. The predicted molar refractivity (Wildman–Crippen MR) is 72.5 cm³/mol. The van der Waals surface area contributed by atoms with E-state index in [9.17, 15) is 14.4 Å². The van der Waals surface area contributed by atoms with Gasteiger partial charge in [-0.3, -0.25) is 14.4 Å². The van der Waals surface area contributed by atoms with E-state index in [-0.39, 0.29) is 17.1 Å². The maximum Gasteiger partial charge on any atom is 0.290 e. The molecule has 6 heteroatoms. The average molecular weight is 278 g/mol. The Morgan fingerprint density at radius 3 is 2.65 bits per heavy atom. The molecule has 2 amide bonds. The number of rotatable bonds is 2. The molecule has 0 bridgehead atoms. The number of piperazine rings is 1. The summed E-state index contributed by atoms with van der Waals surface area (Å²) in [5, 5.41) is 0. The number of carbonyl (C=O) groups excluding carboxylic acids is 2. The lowest BCUT2D eigenvalue weighted by Gasteiger charge is -2.38. The second-order valence-corrected chi connectivity index (χ2v) is 4.86. The lowest BCUT2D eigenvalue weighted by Crippen LogP contribution is -2.57. The topological polar surface area (TPSA) is 70.8 Å². The highest BCUT2D eigenvalue weighted by Gasteiger charge is 2.34. The Morgan fingerprint density at radius 2 is 2.05 bits per heavy atom. The van der Waals surface area contributed by atoms with Gasteiger partial charge in [0, 0.05) is 31.8 Å². The summed E-state index contributed by atoms with van der Waals surface area (Å²) in [5.74, 6) is -0.129. The first-order valence-electron chi connectivity index (χ1n) is 6.65. The van der Waals surface area contributed by atoms with Crippen molar-refractivity contribution < 1.29 is 14.0 Å². The molecule has 1 unspecified atom stereocenters. The summed E-state index contributed by atoms with van der Waals surface area (Å²) in [6, 6.07) is 1.95. The molecule has 1 aliphatic rings. The average Bonchev–Trinajstić information content (AvgIpc) is 2.40. The maximum absolute atomic E-state index is 12.4. The second kappa shape index (κ2) is 5.48. The molecule has 0 N–H and O–H groups in total. The molecule has 2 heterocycles. The van der Waals surface area contributed by atoms with Crippen LogP contribution in [0.15, 0.2) is 21.3 Å². The van der Waals surface area contributed by atoms with Crippen LogP contribution in [0.4, 0.5) is 0 Å². The molecule has 108 valence electrons. The van der Waals surface area contributed by atoms with Crippen LogP contribution < -0.4 is 5.43 Å². The van der Waals surface area contributed by atoms with E-state index in [2.05, 4.69) is 0 Å². The molecule has 6 nitrogen and oxygen atoms in total. The Bertz CT molecular complexity index is 593. The van der Waals surface area contributed by atoms with Crippen molar-refractivity contribution in [1.29, 1.82) is 0 Å². The number of likely N-dealkylation sites (N-methyl/N-ethyl adjacent to an activating group) is 1. The molecule has 0 radical (unpaired) electrons. The third-order valence-electron chi connectivity index (χ3n) is 3.49. The summed E-state index contributed by atoms with van der Waals surface area (Å²) in [6.45, 7) is 6.78. The molecule has 0 saturated carbocycles. The Kier molecular flexibility index (Phi) is 3.92. The number of nitrogens with zero attached hydrogens (tertiary/aromatic N) is 2. The zero-order chi connectivity index (χ0) is 14.9. The Labute approximate surface area is 117 Å². The van der Waals surface area contributed by atoms with Crippen molar-refractivity contribution in [1.82, 2.24) is 9.80 Å². The van der Waals surface area contributed by atoms with Crippen LogP contribution in [-0.2, 0) is 4.79 Å². The lowest BCUT2D eigenvalue weighted by atomic mass is 10.1. The molecule has 0 aliphatic carbocycles. The van der Waals surface area contributed by atoms with Crippen LogP contribution in [0, 0.1) is 6.92 Å². The summed E-state index contributed by atoms with van der Waals surface area (Å²) in [5.41, 5.74) is -0.275. The second-order valence-electron chi connectivity index (χ2n) is 4.86. The monoisotopic (exact) mass is 278 g/mol. The largest absolute Gasteiger partial charge is 0.456 e. The first kappa shape index (κ1) is 14.3. The summed E-state index contributed by atoms with van der Waals surface area (Å²) in [4.78, 5) is 39.1. The van der Waals surface area contributed by atoms with Gasteiger partial charge < -0.3 is 14.2 Å². The molecule has 1 fully saturated rings. The Hall–Kier alpha value is -2.11. The summed E-state index contributed by atoms with van der Waals surface area (Å²) in [6.07, 6.45) is 0. The van der Waals surface area contributed by atoms with Crippen molar-refractivity contribution in [2.45, 2.75) is 26.8 Å². The quantitative estimate of drug-likeness (QED) is 0.796. The Balaban J connectivity index is 2.25. The number of carbonyl (C=O) groups is 2. The lowest BCUT2D eigenvalue weighted by molar-refractivity contribution is -0.139. The van der Waals surface area contributed by atoms with Crippen LogP contribution in [0.25, 0.3) is 0 Å². The molecule has 1 aromatic rings. The van der Waals surface area contributed by atoms with E-state index in [0.29, 0.717) is 25.4 Å². The summed E-state index contributed by atoms with van der Waals surface area (Å²) in [7, 11) is 0. The third-order valence-corrected chi connectivity index (χ3v) is 3.49. The SMILES string of the molecule is CCN1CCN(C(=O)c2cc(=O)cc(C)o2)C(C)C1=O. The van der Waals surface area contributed by atoms with Crippen LogP contribution in [0.2, 0.25) is 0 Å². The minimum atomic E-state index is -0.540. The molecule has 1 atom stereocenters. The van der Waals surface area contributed by atoms with Gasteiger partial charge >= 0.3 is 0 Å².